The van der Waals surface area contributed by atoms with Gasteiger partial charge in [0.05, 0.1) is 17.2 Å². The van der Waals surface area contributed by atoms with Crippen LogP contribution in [0.1, 0.15) is 42.9 Å². The summed E-state index contributed by atoms with van der Waals surface area (Å²) >= 11 is 3.62. The van der Waals surface area contributed by atoms with Gasteiger partial charge in [-0.3, -0.25) is 19.2 Å². The quantitative estimate of drug-likeness (QED) is 0.377. The number of fused-ring (bicyclic) bond motifs is 3. The highest BCUT2D eigenvalue weighted by atomic mass is 79.9. The predicted molar refractivity (Wildman–Crippen MR) is 142 cm³/mol. The molecular weight excluding hydrogens is 504 g/mol. The van der Waals surface area contributed by atoms with Crippen LogP contribution in [-0.4, -0.2) is 33.2 Å². The van der Waals surface area contributed by atoms with Gasteiger partial charge in [0.25, 0.3) is 5.91 Å². The van der Waals surface area contributed by atoms with Crippen LogP contribution in [0, 0.1) is 0 Å². The van der Waals surface area contributed by atoms with E-state index in [0.29, 0.717) is 17.8 Å². The van der Waals surface area contributed by atoms with Crippen LogP contribution in [0.15, 0.2) is 83.3 Å². The van der Waals surface area contributed by atoms with Crippen LogP contribution in [-0.2, 0) is 11.2 Å². The number of anilines is 1. The molecule has 35 heavy (non-hydrogen) atoms. The van der Waals surface area contributed by atoms with Crippen molar-refractivity contribution < 1.29 is 9.59 Å². The van der Waals surface area contributed by atoms with Gasteiger partial charge >= 0.3 is 0 Å². The summed E-state index contributed by atoms with van der Waals surface area (Å²) < 4.78 is 2.53. The van der Waals surface area contributed by atoms with E-state index in [1.807, 2.05) is 99.6 Å². The number of aromatic nitrogens is 2. The van der Waals surface area contributed by atoms with E-state index in [4.69, 9.17) is 5.10 Å². The van der Waals surface area contributed by atoms with Crippen molar-refractivity contribution in [2.24, 2.45) is 0 Å². The fourth-order valence-corrected chi connectivity index (χ4v) is 5.22. The molecule has 0 radical (unpaired) electrons. The Morgan fingerprint density at radius 2 is 1.63 bits per heavy atom. The minimum absolute atomic E-state index is 0.215. The Morgan fingerprint density at radius 1 is 0.971 bits per heavy atom. The van der Waals surface area contributed by atoms with Crippen molar-refractivity contribution in [3.63, 3.8) is 0 Å². The third-order valence-corrected chi connectivity index (χ3v) is 6.82. The molecule has 6 nitrogen and oxygen atoms in total. The number of para-hydroxylation sites is 1. The van der Waals surface area contributed by atoms with Gasteiger partial charge in [-0.15, -0.1) is 0 Å². The molecule has 2 atom stereocenters. The lowest BCUT2D eigenvalue weighted by atomic mass is 9.92. The third-order valence-electron chi connectivity index (χ3n) is 6.15. The minimum atomic E-state index is -0.803. The van der Waals surface area contributed by atoms with E-state index in [2.05, 4.69) is 21.2 Å². The molecule has 0 fully saturated rings. The number of benzene rings is 3. The molecule has 0 aliphatic carbocycles. The number of carbonyl (C=O) groups excluding carboxylic acids is 2. The van der Waals surface area contributed by atoms with Crippen molar-refractivity contribution in [2.75, 3.05) is 4.90 Å². The zero-order valence-electron chi connectivity index (χ0n) is 19.9. The molecule has 0 spiro atoms. The van der Waals surface area contributed by atoms with E-state index in [-0.39, 0.29) is 11.8 Å². The van der Waals surface area contributed by atoms with Gasteiger partial charge < -0.3 is 5.32 Å². The molecule has 1 aliphatic heterocycles. The number of carbonyl (C=O) groups is 2. The lowest BCUT2D eigenvalue weighted by Gasteiger charge is -2.42. The van der Waals surface area contributed by atoms with Crippen molar-refractivity contribution >= 4 is 44.3 Å². The van der Waals surface area contributed by atoms with Crippen molar-refractivity contribution in [3.8, 4) is 0 Å². The Morgan fingerprint density at radius 3 is 2.34 bits per heavy atom. The highest BCUT2D eigenvalue weighted by molar-refractivity contribution is 9.10. The van der Waals surface area contributed by atoms with E-state index in [1.54, 1.807) is 9.58 Å². The van der Waals surface area contributed by atoms with Gasteiger partial charge in [0.2, 0.25) is 5.91 Å². The molecule has 2 unspecified atom stereocenters. The van der Waals surface area contributed by atoms with Crippen LogP contribution in [0.2, 0.25) is 0 Å². The topological polar surface area (TPSA) is 67.2 Å². The van der Waals surface area contributed by atoms with Gasteiger partial charge in [-0.1, -0.05) is 60.7 Å². The molecule has 0 bridgehead atoms. The second-order valence-electron chi connectivity index (χ2n) is 9.88. The number of amides is 2. The first-order valence-electron chi connectivity index (χ1n) is 11.7. The molecule has 2 amide bonds. The first kappa shape index (κ1) is 23.3. The molecule has 178 valence electrons. The van der Waals surface area contributed by atoms with Crippen molar-refractivity contribution in [1.82, 2.24) is 15.1 Å². The second kappa shape index (κ2) is 8.96. The Bertz CT molecular complexity index is 1410. The summed E-state index contributed by atoms with van der Waals surface area (Å²) in [5.74, 6) is -0.461. The van der Waals surface area contributed by atoms with E-state index < -0.39 is 17.6 Å². The van der Waals surface area contributed by atoms with Crippen molar-refractivity contribution in [2.45, 2.75) is 44.8 Å². The average Bonchev–Trinajstić information content (AvgIpc) is 3.21. The van der Waals surface area contributed by atoms with Crippen LogP contribution < -0.4 is 10.2 Å². The first-order valence-corrected chi connectivity index (χ1v) is 12.5. The molecular formula is C28H27BrN4O2. The van der Waals surface area contributed by atoms with Crippen molar-refractivity contribution in [3.05, 3.63) is 94.6 Å². The Labute approximate surface area is 213 Å². The van der Waals surface area contributed by atoms with Crippen LogP contribution in [0.4, 0.5) is 5.69 Å². The van der Waals surface area contributed by atoms with Crippen molar-refractivity contribution in [1.29, 1.82) is 0 Å². The average molecular weight is 531 g/mol. The lowest BCUT2D eigenvalue weighted by Crippen LogP contribution is -2.60. The molecule has 1 aromatic heterocycles. The summed E-state index contributed by atoms with van der Waals surface area (Å²) in [4.78, 5) is 29.7. The number of hydrogen-bond acceptors (Lipinski definition) is 3. The molecule has 4 aromatic rings. The van der Waals surface area contributed by atoms with Crippen LogP contribution in [0.25, 0.3) is 10.9 Å². The maximum Gasteiger partial charge on any atom is 0.278 e. The van der Waals surface area contributed by atoms with Gasteiger partial charge in [0.1, 0.15) is 11.7 Å². The number of nitrogens with one attached hydrogen (secondary N) is 1. The maximum absolute atomic E-state index is 14.2. The molecule has 1 aliphatic rings. The van der Waals surface area contributed by atoms with Gasteiger partial charge in [-0.25, -0.2) is 0 Å². The van der Waals surface area contributed by atoms with E-state index >= 15 is 0 Å². The monoisotopic (exact) mass is 530 g/mol. The molecule has 0 saturated heterocycles. The summed E-state index contributed by atoms with van der Waals surface area (Å²) in [5.41, 5.74) is 2.49. The summed E-state index contributed by atoms with van der Waals surface area (Å²) in [5, 5.41) is 8.74. The molecule has 1 N–H and O–H groups in total. The second-order valence-corrected chi connectivity index (χ2v) is 10.7. The van der Waals surface area contributed by atoms with Crippen LogP contribution in [0.5, 0.6) is 0 Å². The minimum Gasteiger partial charge on any atom is -0.350 e. The van der Waals surface area contributed by atoms with Crippen LogP contribution >= 0.6 is 15.9 Å². The largest absolute Gasteiger partial charge is 0.350 e. The van der Waals surface area contributed by atoms with Gasteiger partial charge in [-0.05, 0) is 66.9 Å². The maximum atomic E-state index is 14.2. The highest BCUT2D eigenvalue weighted by Crippen LogP contribution is 2.39. The molecule has 2 heterocycles. The van der Waals surface area contributed by atoms with Gasteiger partial charge in [-0.2, -0.15) is 5.10 Å². The standard InChI is InChI=1S/C28H27BrN4O2/c1-28(2,3)30-26(34)25-23(17-18-11-5-4-6-12-18)33-24(19-13-7-9-15-21(19)31-33)27(35)32(25)22-16-10-8-14-20(22)29/h4-16,23,25H,17H2,1-3H3,(H,30,34). The molecule has 5 rings (SSSR count). The molecule has 3 aromatic carbocycles. The van der Waals surface area contributed by atoms with Gasteiger partial charge in [0, 0.05) is 15.4 Å². The zero-order chi connectivity index (χ0) is 24.7. The zero-order valence-corrected chi connectivity index (χ0v) is 21.5. The number of hydrogen-bond donors (Lipinski definition) is 1. The number of nitrogens with zero attached hydrogens (tertiary/aromatic N) is 3. The van der Waals surface area contributed by atoms with E-state index in [0.717, 1.165) is 20.9 Å². The van der Waals surface area contributed by atoms with Crippen LogP contribution in [0.3, 0.4) is 0 Å². The Balaban J connectivity index is 1.76. The Kier molecular flexibility index (Phi) is 5.97. The number of rotatable bonds is 4. The normalized spacial score (nSPS) is 17.9. The fraction of sp³-hybridized carbons (Fsp3) is 0.250. The summed E-state index contributed by atoms with van der Waals surface area (Å²) in [6.07, 6.45) is 0.540. The summed E-state index contributed by atoms with van der Waals surface area (Å²) in [6.45, 7) is 5.83. The lowest BCUT2D eigenvalue weighted by molar-refractivity contribution is -0.125. The molecule has 0 saturated carbocycles. The third kappa shape index (κ3) is 4.36. The molecule has 7 heteroatoms. The smallest absolute Gasteiger partial charge is 0.278 e. The predicted octanol–water partition coefficient (Wildman–Crippen LogP) is 5.53. The Hall–Kier alpha value is -3.45. The SMILES string of the molecule is CC(C)(C)NC(=O)C1C(Cc2ccccc2)n2nc3ccccc3c2C(=O)N1c1ccccc1Br. The van der Waals surface area contributed by atoms with E-state index in [9.17, 15) is 9.59 Å². The number of halogens is 1. The highest BCUT2D eigenvalue weighted by Gasteiger charge is 2.47. The summed E-state index contributed by atoms with van der Waals surface area (Å²) in [6, 6.07) is 24.0. The first-order chi connectivity index (χ1) is 16.7. The van der Waals surface area contributed by atoms with E-state index in [1.165, 1.54) is 0 Å². The fourth-order valence-electron chi connectivity index (χ4n) is 4.75. The summed E-state index contributed by atoms with van der Waals surface area (Å²) in [7, 11) is 0. The van der Waals surface area contributed by atoms with Gasteiger partial charge in [0.15, 0.2) is 0 Å².